The van der Waals surface area contributed by atoms with Gasteiger partial charge < -0.3 is 9.47 Å². The number of rotatable bonds is 14. The fraction of sp³-hybridized carbons (Fsp3) is 0.391. The molecular weight excluding hydrogens is 603 g/mol. The van der Waals surface area contributed by atoms with Gasteiger partial charge in [0.25, 0.3) is 5.85 Å². The Balaban J connectivity index is 1.94. The molecule has 15 heteroatoms. The Hall–Kier alpha value is -1.96. The van der Waals surface area contributed by atoms with Gasteiger partial charge in [-0.25, -0.2) is 4.78 Å². The molecule has 204 valence electrons. The van der Waals surface area contributed by atoms with Crippen molar-refractivity contribution >= 4 is 70.3 Å². The zero-order chi connectivity index (χ0) is 28.3. The van der Waals surface area contributed by atoms with E-state index in [1.807, 2.05) is 69.4 Å². The fourth-order valence-corrected chi connectivity index (χ4v) is 4.70. The second-order valence-corrected chi connectivity index (χ2v) is 19.0. The SMILES string of the molecule is CCCC(C)(N=[N+]=[N-])Oc1ccc(/C=N/N(C)[P+](=S)C(C)Oc2ccc(/C=N/N(C)P(=S)(Cl)Cl)cc2)cc1. The van der Waals surface area contributed by atoms with Crippen LogP contribution in [0.5, 0.6) is 11.5 Å². The van der Waals surface area contributed by atoms with Crippen molar-refractivity contribution in [2.24, 2.45) is 15.3 Å². The first-order chi connectivity index (χ1) is 17.9. The monoisotopic (exact) mass is 632 g/mol. The molecule has 0 aliphatic rings. The largest absolute Gasteiger partial charge is 0.481 e. The minimum atomic E-state index is -2.64. The molecule has 2 aromatic rings. The van der Waals surface area contributed by atoms with E-state index in [2.05, 4.69) is 20.2 Å². The third kappa shape index (κ3) is 10.7. The van der Waals surface area contributed by atoms with Crippen LogP contribution in [0.3, 0.4) is 0 Å². The number of hydrazone groups is 2. The van der Waals surface area contributed by atoms with Gasteiger partial charge in [-0.1, -0.05) is 13.3 Å². The van der Waals surface area contributed by atoms with Crippen molar-refractivity contribution in [3.05, 3.63) is 70.1 Å². The number of nitrogens with zero attached hydrogens (tertiary/aromatic N) is 7. The van der Waals surface area contributed by atoms with E-state index in [0.717, 1.165) is 17.5 Å². The second-order valence-electron chi connectivity index (χ2n) is 8.28. The molecule has 0 aliphatic heterocycles. The van der Waals surface area contributed by atoms with Crippen LogP contribution in [0.1, 0.15) is 44.7 Å². The molecule has 0 saturated carbocycles. The van der Waals surface area contributed by atoms with Crippen molar-refractivity contribution in [3.63, 3.8) is 0 Å². The lowest BCUT2D eigenvalue weighted by atomic mass is 10.1. The van der Waals surface area contributed by atoms with E-state index < -0.39 is 17.5 Å². The standard InChI is InChI=1S/C23H30Cl2N7O2P2S2/c1-6-15-23(3,29-30-26)34-22-13-9-19(10-14-22)16-27-31(4)35(37)18(2)33-21-11-7-20(8-12-21)17-28-32(5)36(24,25)38/h7-14,16-18H,6,15H2,1-5H3/q+1/b27-16+,28-17+. The summed E-state index contributed by atoms with van der Waals surface area (Å²) in [6.45, 7) is 4.57. The Bertz CT molecular complexity index is 1240. The summed E-state index contributed by atoms with van der Waals surface area (Å²) in [4.78, 5) is 0.268. The minimum absolute atomic E-state index is 0.251. The van der Waals surface area contributed by atoms with Crippen molar-refractivity contribution in [3.8, 4) is 11.5 Å². The average molecular weight is 634 g/mol. The van der Waals surface area contributed by atoms with Crippen LogP contribution in [0.25, 0.3) is 10.4 Å². The highest BCUT2D eigenvalue weighted by molar-refractivity contribution is 8.37. The zero-order valence-electron chi connectivity index (χ0n) is 21.7. The maximum absolute atomic E-state index is 8.83. The van der Waals surface area contributed by atoms with E-state index in [9.17, 15) is 0 Å². The summed E-state index contributed by atoms with van der Waals surface area (Å²) in [5.74, 6) is 1.05. The van der Waals surface area contributed by atoms with Crippen molar-refractivity contribution in [1.82, 2.24) is 9.56 Å². The molecule has 0 N–H and O–H groups in total. The molecule has 0 amide bonds. The first kappa shape index (κ1) is 32.3. The third-order valence-corrected chi connectivity index (χ3v) is 10.9. The summed E-state index contributed by atoms with van der Waals surface area (Å²) < 4.78 is 15.1. The molecule has 0 aliphatic carbocycles. The quantitative estimate of drug-likeness (QED) is 0.0518. The molecule has 3 atom stereocenters. The first-order valence-corrected chi connectivity index (χ1v) is 18.4. The Labute approximate surface area is 244 Å². The van der Waals surface area contributed by atoms with Crippen LogP contribution < -0.4 is 9.47 Å². The second kappa shape index (κ2) is 15.0. The Morgan fingerprint density at radius 2 is 1.61 bits per heavy atom. The van der Waals surface area contributed by atoms with Crippen LogP contribution in [-0.2, 0) is 23.6 Å². The number of hydrogen-bond donors (Lipinski definition) is 0. The van der Waals surface area contributed by atoms with Gasteiger partial charge in [0.15, 0.2) is 17.5 Å². The van der Waals surface area contributed by atoms with Crippen molar-refractivity contribution in [2.75, 3.05) is 14.1 Å². The molecule has 0 saturated heterocycles. The maximum atomic E-state index is 8.83. The van der Waals surface area contributed by atoms with Crippen molar-refractivity contribution < 1.29 is 9.47 Å². The lowest BCUT2D eigenvalue weighted by Crippen LogP contribution is -2.28. The van der Waals surface area contributed by atoms with Crippen LogP contribution >= 0.6 is 34.2 Å². The molecule has 2 aromatic carbocycles. The van der Waals surface area contributed by atoms with E-state index in [-0.39, 0.29) is 5.85 Å². The van der Waals surface area contributed by atoms with Gasteiger partial charge in [-0.05, 0) is 118 Å². The Morgan fingerprint density at radius 3 is 2.11 bits per heavy atom. The molecule has 0 spiro atoms. The summed E-state index contributed by atoms with van der Waals surface area (Å²) in [6, 6.07) is 14.8. The van der Waals surface area contributed by atoms with Gasteiger partial charge in [-0.15, -0.1) is 9.88 Å². The highest BCUT2D eigenvalue weighted by Crippen LogP contribution is 2.59. The van der Waals surface area contributed by atoms with E-state index in [0.29, 0.717) is 17.9 Å². The molecule has 38 heavy (non-hydrogen) atoms. The number of benzene rings is 2. The average Bonchev–Trinajstić information content (AvgIpc) is 2.86. The predicted octanol–water partition coefficient (Wildman–Crippen LogP) is 8.41. The van der Waals surface area contributed by atoms with Gasteiger partial charge in [0.05, 0.1) is 19.5 Å². The molecular formula is C23H30Cl2N7O2P2S2+. The molecule has 0 radical (unpaired) electrons. The van der Waals surface area contributed by atoms with Gasteiger partial charge in [0, 0.05) is 18.9 Å². The Kier molecular flexibility index (Phi) is 12.7. The lowest BCUT2D eigenvalue weighted by Gasteiger charge is -2.25. The summed E-state index contributed by atoms with van der Waals surface area (Å²) in [5, 5.41) is 12.5. The normalized spacial score (nSPS) is 14.4. The summed E-state index contributed by atoms with van der Waals surface area (Å²) in [5.41, 5.74) is 9.63. The fourth-order valence-electron chi connectivity index (χ4n) is 3.08. The number of ether oxygens (including phenoxy) is 2. The van der Waals surface area contributed by atoms with Gasteiger partial charge in [-0.3, -0.25) is 0 Å². The molecule has 3 unspecified atom stereocenters. The van der Waals surface area contributed by atoms with E-state index >= 15 is 0 Å². The van der Waals surface area contributed by atoms with Crippen molar-refractivity contribution in [1.29, 1.82) is 0 Å². The van der Waals surface area contributed by atoms with Gasteiger partial charge in [-0.2, -0.15) is 5.10 Å². The highest BCUT2D eigenvalue weighted by Gasteiger charge is 2.27. The summed E-state index contributed by atoms with van der Waals surface area (Å²) in [7, 11) is 3.47. The van der Waals surface area contributed by atoms with E-state index in [1.54, 1.807) is 31.2 Å². The van der Waals surface area contributed by atoms with Gasteiger partial charge in [0.2, 0.25) is 4.89 Å². The van der Waals surface area contributed by atoms with Crippen LogP contribution in [0, 0.1) is 0 Å². The highest BCUT2D eigenvalue weighted by atomic mass is 35.9. The molecule has 0 aromatic heterocycles. The molecule has 0 fully saturated rings. The summed E-state index contributed by atoms with van der Waals surface area (Å²) in [6.07, 6.45) is 4.80. The zero-order valence-corrected chi connectivity index (χ0v) is 26.6. The van der Waals surface area contributed by atoms with Gasteiger partial charge >= 0.3 is 6.85 Å². The number of azide groups is 1. The lowest BCUT2D eigenvalue weighted by molar-refractivity contribution is 0.0857. The van der Waals surface area contributed by atoms with Crippen molar-refractivity contribution in [2.45, 2.75) is 45.2 Å². The minimum Gasteiger partial charge on any atom is -0.481 e. The predicted molar refractivity (Wildman–Crippen MR) is 167 cm³/mol. The van der Waals surface area contributed by atoms with Gasteiger partial charge in [0.1, 0.15) is 11.5 Å². The number of halogens is 2. The third-order valence-electron chi connectivity index (χ3n) is 5.06. The van der Waals surface area contributed by atoms with E-state index in [4.69, 9.17) is 61.1 Å². The number of hydrogen-bond acceptors (Lipinski definition) is 7. The topological polar surface area (TPSA) is 98.4 Å². The van der Waals surface area contributed by atoms with Crippen LogP contribution in [0.15, 0.2) is 63.8 Å². The maximum Gasteiger partial charge on any atom is 0.355 e. The first-order valence-electron chi connectivity index (χ1n) is 11.5. The smallest absolute Gasteiger partial charge is 0.355 e. The summed E-state index contributed by atoms with van der Waals surface area (Å²) >= 11 is 22.6. The van der Waals surface area contributed by atoms with Crippen LogP contribution in [0.4, 0.5) is 0 Å². The Morgan fingerprint density at radius 1 is 1.08 bits per heavy atom. The molecule has 9 nitrogen and oxygen atoms in total. The molecule has 0 bridgehead atoms. The molecule has 2 rings (SSSR count). The van der Waals surface area contributed by atoms with E-state index in [1.165, 1.54) is 4.78 Å². The van der Waals surface area contributed by atoms with Crippen LogP contribution in [-0.4, -0.2) is 47.7 Å². The molecule has 0 heterocycles. The van der Waals surface area contributed by atoms with Crippen LogP contribution in [0.2, 0.25) is 0 Å².